The van der Waals surface area contributed by atoms with Crippen LogP contribution in [0.25, 0.3) is 0 Å². The molecule has 4 heteroatoms. The Morgan fingerprint density at radius 1 is 0.778 bits per heavy atom. The molecule has 0 radical (unpaired) electrons. The normalized spacial score (nSPS) is 10.7. The number of benzene rings is 2. The molecule has 2 aromatic carbocycles. The van der Waals surface area contributed by atoms with Crippen LogP contribution in [0, 0.1) is 6.92 Å². The molecule has 0 aliphatic rings. The van der Waals surface area contributed by atoms with Crippen LogP contribution < -0.4 is 0 Å². The van der Waals surface area contributed by atoms with Crippen molar-refractivity contribution in [3.8, 4) is 0 Å². The summed E-state index contributed by atoms with van der Waals surface area (Å²) in [5.41, 5.74) is 2.90. The number of aryl methyl sites for hydroxylation is 1. The van der Waals surface area contributed by atoms with Crippen molar-refractivity contribution in [1.29, 1.82) is 0 Å². The summed E-state index contributed by atoms with van der Waals surface area (Å²) in [5, 5.41) is 2.38. The van der Waals surface area contributed by atoms with Gasteiger partial charge < -0.3 is 0 Å². The zero-order valence-electron chi connectivity index (χ0n) is 9.61. The van der Waals surface area contributed by atoms with E-state index in [0.717, 1.165) is 16.7 Å². The molecule has 0 aliphatic carbocycles. The van der Waals surface area contributed by atoms with Crippen molar-refractivity contribution in [2.75, 3.05) is 0 Å². The molecule has 0 atom stereocenters. The molecule has 18 heavy (non-hydrogen) atoms. The SMILES string of the molecule is Cc1ccc(Cl)c(Cl)c1Cc1c(Cl)cccc1Cl. The summed E-state index contributed by atoms with van der Waals surface area (Å²) < 4.78 is 0. The fraction of sp³-hybridized carbons (Fsp3) is 0.143. The van der Waals surface area contributed by atoms with Gasteiger partial charge in [0, 0.05) is 16.5 Å². The largest absolute Gasteiger partial charge is 0.0840 e. The van der Waals surface area contributed by atoms with Crippen LogP contribution in [0.5, 0.6) is 0 Å². The molecular formula is C14H10Cl4. The minimum absolute atomic E-state index is 0.542. The molecule has 0 N–H and O–H groups in total. The number of hydrogen-bond acceptors (Lipinski definition) is 0. The number of hydrogen-bond donors (Lipinski definition) is 0. The van der Waals surface area contributed by atoms with E-state index in [0.29, 0.717) is 26.5 Å². The first-order chi connectivity index (χ1) is 8.50. The zero-order chi connectivity index (χ0) is 13.3. The van der Waals surface area contributed by atoms with E-state index >= 15 is 0 Å². The van der Waals surface area contributed by atoms with E-state index in [1.54, 1.807) is 6.07 Å². The van der Waals surface area contributed by atoms with Gasteiger partial charge in [-0.1, -0.05) is 58.5 Å². The van der Waals surface area contributed by atoms with Gasteiger partial charge in [0.2, 0.25) is 0 Å². The summed E-state index contributed by atoms with van der Waals surface area (Å²) in [5.74, 6) is 0. The summed E-state index contributed by atoms with van der Waals surface area (Å²) in [7, 11) is 0. The Kier molecular flexibility index (Phi) is 4.45. The summed E-state index contributed by atoms with van der Waals surface area (Å²) in [4.78, 5) is 0. The van der Waals surface area contributed by atoms with Crippen LogP contribution in [0.4, 0.5) is 0 Å². The second kappa shape index (κ2) is 5.71. The molecule has 0 heterocycles. The van der Waals surface area contributed by atoms with Gasteiger partial charge in [0.25, 0.3) is 0 Å². The second-order valence-electron chi connectivity index (χ2n) is 4.03. The lowest BCUT2D eigenvalue weighted by Gasteiger charge is -2.12. The first-order valence-electron chi connectivity index (χ1n) is 5.37. The highest BCUT2D eigenvalue weighted by Gasteiger charge is 2.13. The van der Waals surface area contributed by atoms with Gasteiger partial charge >= 0.3 is 0 Å². The number of rotatable bonds is 2. The molecule has 0 aliphatic heterocycles. The molecule has 2 rings (SSSR count). The van der Waals surface area contributed by atoms with Crippen molar-refractivity contribution in [3.63, 3.8) is 0 Å². The van der Waals surface area contributed by atoms with Crippen LogP contribution in [0.3, 0.4) is 0 Å². The second-order valence-corrected chi connectivity index (χ2v) is 5.63. The summed E-state index contributed by atoms with van der Waals surface area (Å²) in [6.45, 7) is 1.99. The molecule has 0 amide bonds. The lowest BCUT2D eigenvalue weighted by Crippen LogP contribution is -1.95. The van der Waals surface area contributed by atoms with Gasteiger partial charge in [-0.2, -0.15) is 0 Å². The quantitative estimate of drug-likeness (QED) is 0.618. The van der Waals surface area contributed by atoms with Gasteiger partial charge in [0.05, 0.1) is 10.0 Å². The highest BCUT2D eigenvalue weighted by molar-refractivity contribution is 6.42. The monoisotopic (exact) mass is 318 g/mol. The third kappa shape index (κ3) is 2.78. The van der Waals surface area contributed by atoms with Gasteiger partial charge in [0.15, 0.2) is 0 Å². The van der Waals surface area contributed by atoms with Crippen molar-refractivity contribution in [2.45, 2.75) is 13.3 Å². The molecule has 0 fully saturated rings. The minimum Gasteiger partial charge on any atom is -0.0840 e. The Labute approximate surface area is 126 Å². The fourth-order valence-corrected chi connectivity index (χ4v) is 2.77. The van der Waals surface area contributed by atoms with Crippen LogP contribution in [-0.4, -0.2) is 0 Å². The Balaban J connectivity index is 2.50. The standard InChI is InChI=1S/C14H10Cl4/c1-8-5-6-13(17)14(18)9(8)7-10-11(15)3-2-4-12(10)16/h2-6H,7H2,1H3. The van der Waals surface area contributed by atoms with Crippen LogP contribution in [0.2, 0.25) is 20.1 Å². The molecule has 0 saturated heterocycles. The molecule has 0 bridgehead atoms. The van der Waals surface area contributed by atoms with Crippen molar-refractivity contribution < 1.29 is 0 Å². The maximum atomic E-state index is 6.23. The molecule has 0 spiro atoms. The van der Waals surface area contributed by atoms with E-state index in [1.165, 1.54) is 0 Å². The average molecular weight is 320 g/mol. The predicted molar refractivity (Wildman–Crippen MR) is 80.5 cm³/mol. The van der Waals surface area contributed by atoms with Crippen LogP contribution >= 0.6 is 46.4 Å². The van der Waals surface area contributed by atoms with E-state index < -0.39 is 0 Å². The number of halogens is 4. The molecular weight excluding hydrogens is 310 g/mol. The summed E-state index contributed by atoms with van der Waals surface area (Å²) in [6.07, 6.45) is 0.573. The van der Waals surface area contributed by atoms with Crippen molar-refractivity contribution >= 4 is 46.4 Å². The van der Waals surface area contributed by atoms with Gasteiger partial charge in [-0.3, -0.25) is 0 Å². The Bertz CT molecular complexity index is 570. The maximum Gasteiger partial charge on any atom is 0.0630 e. The third-order valence-electron chi connectivity index (χ3n) is 2.85. The summed E-state index contributed by atoms with van der Waals surface area (Å²) in [6, 6.07) is 9.18. The Morgan fingerprint density at radius 2 is 1.39 bits per heavy atom. The van der Waals surface area contributed by atoms with E-state index in [1.807, 2.05) is 31.2 Å². The molecule has 2 aromatic rings. The van der Waals surface area contributed by atoms with Crippen molar-refractivity contribution in [2.24, 2.45) is 0 Å². The van der Waals surface area contributed by atoms with Gasteiger partial charge in [0.1, 0.15) is 0 Å². The lowest BCUT2D eigenvalue weighted by molar-refractivity contribution is 1.16. The van der Waals surface area contributed by atoms with E-state index in [-0.39, 0.29) is 0 Å². The van der Waals surface area contributed by atoms with Gasteiger partial charge in [-0.15, -0.1) is 0 Å². The highest BCUT2D eigenvalue weighted by Crippen LogP contribution is 2.33. The first kappa shape index (κ1) is 14.0. The van der Waals surface area contributed by atoms with E-state index in [4.69, 9.17) is 46.4 Å². The van der Waals surface area contributed by atoms with E-state index in [9.17, 15) is 0 Å². The van der Waals surface area contributed by atoms with Gasteiger partial charge in [-0.25, -0.2) is 0 Å². The highest BCUT2D eigenvalue weighted by atomic mass is 35.5. The molecule has 0 nitrogen and oxygen atoms in total. The first-order valence-corrected chi connectivity index (χ1v) is 6.88. The van der Waals surface area contributed by atoms with Crippen LogP contribution in [-0.2, 0) is 6.42 Å². The van der Waals surface area contributed by atoms with Crippen LogP contribution in [0.15, 0.2) is 30.3 Å². The van der Waals surface area contributed by atoms with Crippen molar-refractivity contribution in [1.82, 2.24) is 0 Å². The minimum atomic E-state index is 0.542. The average Bonchev–Trinajstić information content (AvgIpc) is 2.33. The van der Waals surface area contributed by atoms with Gasteiger partial charge in [-0.05, 0) is 41.8 Å². The van der Waals surface area contributed by atoms with Crippen molar-refractivity contribution in [3.05, 3.63) is 67.1 Å². The smallest absolute Gasteiger partial charge is 0.0630 e. The molecule has 0 unspecified atom stereocenters. The lowest BCUT2D eigenvalue weighted by atomic mass is 10.0. The Morgan fingerprint density at radius 3 is 2.00 bits per heavy atom. The van der Waals surface area contributed by atoms with Crippen LogP contribution in [0.1, 0.15) is 16.7 Å². The molecule has 94 valence electrons. The molecule has 0 aromatic heterocycles. The molecule has 0 saturated carbocycles. The predicted octanol–water partition coefficient (Wildman–Crippen LogP) is 6.20. The Hall–Kier alpha value is -0.400. The maximum absolute atomic E-state index is 6.23. The van der Waals surface area contributed by atoms with E-state index in [2.05, 4.69) is 0 Å². The summed E-state index contributed by atoms with van der Waals surface area (Å²) >= 11 is 24.6. The fourth-order valence-electron chi connectivity index (χ4n) is 1.78. The zero-order valence-corrected chi connectivity index (χ0v) is 12.6. The topological polar surface area (TPSA) is 0 Å². The third-order valence-corrected chi connectivity index (χ3v) is 4.40.